The first-order valence-corrected chi connectivity index (χ1v) is 7.10. The van der Waals surface area contributed by atoms with Gasteiger partial charge in [-0.05, 0) is 32.0 Å². The van der Waals surface area contributed by atoms with Crippen LogP contribution in [0.2, 0.25) is 0 Å². The molecule has 0 bridgehead atoms. The predicted octanol–water partition coefficient (Wildman–Crippen LogP) is 3.73. The monoisotopic (exact) mass is 292 g/mol. The molecule has 1 aromatic carbocycles. The average molecular weight is 292 g/mol. The van der Waals surface area contributed by atoms with Gasteiger partial charge in [0.05, 0.1) is 6.61 Å². The second-order valence-corrected chi connectivity index (χ2v) is 5.45. The van der Waals surface area contributed by atoms with E-state index in [4.69, 9.17) is 14.6 Å². The Kier molecular flexibility index (Phi) is 4.63. The van der Waals surface area contributed by atoms with Crippen molar-refractivity contribution in [2.45, 2.75) is 20.5 Å². The van der Waals surface area contributed by atoms with E-state index >= 15 is 0 Å². The van der Waals surface area contributed by atoms with Crippen LogP contribution < -0.4 is 9.47 Å². The van der Waals surface area contributed by atoms with Gasteiger partial charge in [0.15, 0.2) is 0 Å². The second-order valence-electron chi connectivity index (χ2n) is 4.19. The van der Waals surface area contributed by atoms with Crippen LogP contribution in [0.5, 0.6) is 11.5 Å². The van der Waals surface area contributed by atoms with Gasteiger partial charge >= 0.3 is 5.97 Å². The van der Waals surface area contributed by atoms with E-state index in [2.05, 4.69) is 0 Å². The van der Waals surface area contributed by atoms with Crippen LogP contribution in [0.25, 0.3) is 0 Å². The van der Waals surface area contributed by atoms with E-state index in [9.17, 15) is 4.79 Å². The molecule has 0 aliphatic rings. The van der Waals surface area contributed by atoms with Crippen LogP contribution in [0.15, 0.2) is 30.3 Å². The summed E-state index contributed by atoms with van der Waals surface area (Å²) in [5.41, 5.74) is 0.897. The summed E-state index contributed by atoms with van der Waals surface area (Å²) in [5.74, 6) is 0.569. The number of carboxylic acids is 1. The van der Waals surface area contributed by atoms with Gasteiger partial charge in [0.1, 0.15) is 23.0 Å². The molecule has 1 aromatic heterocycles. The molecule has 0 saturated carbocycles. The van der Waals surface area contributed by atoms with Crippen LogP contribution in [-0.2, 0) is 6.61 Å². The molecule has 0 saturated heterocycles. The van der Waals surface area contributed by atoms with Gasteiger partial charge < -0.3 is 14.6 Å². The lowest BCUT2D eigenvalue weighted by molar-refractivity contribution is 0.0702. The van der Waals surface area contributed by atoms with Gasteiger partial charge in [0, 0.05) is 16.5 Å². The Morgan fingerprint density at radius 1 is 1.25 bits per heavy atom. The third kappa shape index (κ3) is 3.51. The zero-order valence-electron chi connectivity index (χ0n) is 11.4. The van der Waals surface area contributed by atoms with E-state index in [1.165, 1.54) is 11.3 Å². The highest BCUT2D eigenvalue weighted by Gasteiger charge is 2.11. The molecule has 0 aliphatic carbocycles. The van der Waals surface area contributed by atoms with Crippen molar-refractivity contribution in [3.8, 4) is 11.5 Å². The Hall–Kier alpha value is -2.01. The molecule has 0 atom stereocenters. The standard InChI is InChI=1S/C15H16O4S/c1-3-18-12-5-4-6-13(8-12)19-9-11-7-14(15(16)17)20-10(11)2/h4-8H,3,9H2,1-2H3,(H,16,17). The number of rotatable bonds is 6. The normalized spacial score (nSPS) is 10.3. The summed E-state index contributed by atoms with van der Waals surface area (Å²) >= 11 is 1.26. The molecular formula is C15H16O4S. The molecule has 1 heterocycles. The molecule has 20 heavy (non-hydrogen) atoms. The largest absolute Gasteiger partial charge is 0.494 e. The van der Waals surface area contributed by atoms with Crippen molar-refractivity contribution in [2.75, 3.05) is 6.61 Å². The highest BCUT2D eigenvalue weighted by atomic mass is 32.1. The van der Waals surface area contributed by atoms with Gasteiger partial charge in [-0.1, -0.05) is 6.07 Å². The first kappa shape index (κ1) is 14.4. The van der Waals surface area contributed by atoms with Crippen LogP contribution in [0.4, 0.5) is 0 Å². The van der Waals surface area contributed by atoms with Crippen LogP contribution in [0.1, 0.15) is 27.0 Å². The summed E-state index contributed by atoms with van der Waals surface area (Å²) in [6.45, 7) is 4.78. The first-order chi connectivity index (χ1) is 9.60. The molecule has 0 spiro atoms. The van der Waals surface area contributed by atoms with Crippen LogP contribution in [0, 0.1) is 6.92 Å². The smallest absolute Gasteiger partial charge is 0.345 e. The molecule has 0 amide bonds. The Bertz CT molecular complexity index is 604. The van der Waals surface area contributed by atoms with E-state index in [0.29, 0.717) is 23.8 Å². The van der Waals surface area contributed by atoms with Crippen molar-refractivity contribution >= 4 is 17.3 Å². The van der Waals surface area contributed by atoms with Gasteiger partial charge in [0.2, 0.25) is 0 Å². The number of hydrogen-bond acceptors (Lipinski definition) is 4. The van der Waals surface area contributed by atoms with Crippen molar-refractivity contribution < 1.29 is 19.4 Å². The second kappa shape index (κ2) is 6.43. The van der Waals surface area contributed by atoms with E-state index in [0.717, 1.165) is 16.2 Å². The van der Waals surface area contributed by atoms with E-state index in [1.54, 1.807) is 6.07 Å². The maximum absolute atomic E-state index is 10.9. The Morgan fingerprint density at radius 2 is 1.95 bits per heavy atom. The third-order valence-electron chi connectivity index (χ3n) is 2.74. The molecule has 0 aliphatic heterocycles. The fraction of sp³-hybridized carbons (Fsp3) is 0.267. The van der Waals surface area contributed by atoms with Crippen molar-refractivity contribution in [3.63, 3.8) is 0 Å². The lowest BCUT2D eigenvalue weighted by Crippen LogP contribution is -1.97. The van der Waals surface area contributed by atoms with Crippen molar-refractivity contribution in [2.24, 2.45) is 0 Å². The van der Waals surface area contributed by atoms with Gasteiger partial charge in [0.25, 0.3) is 0 Å². The third-order valence-corrected chi connectivity index (χ3v) is 3.82. The number of carboxylic acid groups (broad SMARTS) is 1. The molecule has 4 nitrogen and oxygen atoms in total. The average Bonchev–Trinajstić information content (AvgIpc) is 2.79. The van der Waals surface area contributed by atoms with Crippen molar-refractivity contribution in [1.82, 2.24) is 0 Å². The zero-order chi connectivity index (χ0) is 14.5. The predicted molar refractivity (Wildman–Crippen MR) is 78.0 cm³/mol. The molecule has 1 N–H and O–H groups in total. The van der Waals surface area contributed by atoms with Gasteiger partial charge in [-0.25, -0.2) is 4.79 Å². The Balaban J connectivity index is 2.05. The number of thiophene rings is 1. The fourth-order valence-corrected chi connectivity index (χ4v) is 2.62. The highest BCUT2D eigenvalue weighted by molar-refractivity contribution is 7.14. The summed E-state index contributed by atoms with van der Waals surface area (Å²) in [5, 5.41) is 8.96. The topological polar surface area (TPSA) is 55.8 Å². The van der Waals surface area contributed by atoms with Gasteiger partial charge in [-0.2, -0.15) is 0 Å². The SMILES string of the molecule is CCOc1cccc(OCc2cc(C(=O)O)sc2C)c1. The fourth-order valence-electron chi connectivity index (χ4n) is 1.75. The molecular weight excluding hydrogens is 276 g/mol. The number of hydrogen-bond donors (Lipinski definition) is 1. The van der Waals surface area contributed by atoms with Gasteiger partial charge in [-0.3, -0.25) is 0 Å². The summed E-state index contributed by atoms with van der Waals surface area (Å²) in [4.78, 5) is 12.2. The maximum Gasteiger partial charge on any atom is 0.345 e. The molecule has 106 valence electrons. The van der Waals surface area contributed by atoms with E-state index < -0.39 is 5.97 Å². The lowest BCUT2D eigenvalue weighted by atomic mass is 10.2. The lowest BCUT2D eigenvalue weighted by Gasteiger charge is -2.08. The van der Waals surface area contributed by atoms with E-state index in [1.807, 2.05) is 38.1 Å². The number of benzene rings is 1. The maximum atomic E-state index is 10.9. The van der Waals surface area contributed by atoms with Crippen molar-refractivity contribution in [3.05, 3.63) is 45.6 Å². The van der Waals surface area contributed by atoms with Crippen molar-refractivity contribution in [1.29, 1.82) is 0 Å². The number of aromatic carboxylic acids is 1. The molecule has 2 aromatic rings. The summed E-state index contributed by atoms with van der Waals surface area (Å²) < 4.78 is 11.1. The molecule has 0 unspecified atom stereocenters. The van der Waals surface area contributed by atoms with Gasteiger partial charge in [-0.15, -0.1) is 11.3 Å². The molecule has 0 radical (unpaired) electrons. The molecule has 0 fully saturated rings. The Morgan fingerprint density at radius 3 is 2.55 bits per heavy atom. The first-order valence-electron chi connectivity index (χ1n) is 6.28. The molecule has 5 heteroatoms. The minimum absolute atomic E-state index is 0.337. The highest BCUT2D eigenvalue weighted by Crippen LogP contribution is 2.25. The summed E-state index contributed by atoms with van der Waals surface area (Å²) in [7, 11) is 0. The quantitative estimate of drug-likeness (QED) is 0.881. The van der Waals surface area contributed by atoms with Crippen LogP contribution >= 0.6 is 11.3 Å². The molecule has 2 rings (SSSR count). The summed E-state index contributed by atoms with van der Waals surface area (Å²) in [6.07, 6.45) is 0. The number of ether oxygens (including phenoxy) is 2. The number of carbonyl (C=O) groups is 1. The zero-order valence-corrected chi connectivity index (χ0v) is 12.2. The van der Waals surface area contributed by atoms with Crippen LogP contribution in [-0.4, -0.2) is 17.7 Å². The number of aryl methyl sites for hydroxylation is 1. The Labute approximate surface area is 121 Å². The minimum Gasteiger partial charge on any atom is -0.494 e. The van der Waals surface area contributed by atoms with Crippen LogP contribution in [0.3, 0.4) is 0 Å². The van der Waals surface area contributed by atoms with E-state index in [-0.39, 0.29) is 0 Å². The summed E-state index contributed by atoms with van der Waals surface area (Å²) in [6, 6.07) is 9.07. The minimum atomic E-state index is -0.900.